The van der Waals surface area contributed by atoms with Gasteiger partial charge in [-0.05, 0) is 32.1 Å². The molecule has 3 rings (SSSR count). The number of rotatable bonds is 4. The molecule has 0 radical (unpaired) electrons. The molecular weight excluding hydrogens is 322 g/mol. The van der Waals surface area contributed by atoms with E-state index in [9.17, 15) is 9.59 Å². The van der Waals surface area contributed by atoms with Crippen LogP contribution in [0.5, 0.6) is 0 Å². The topological polar surface area (TPSA) is 53.5 Å². The minimum atomic E-state index is -0.293. The number of nitrogens with zero attached hydrogens (tertiary/aromatic N) is 3. The third-order valence-electron chi connectivity index (χ3n) is 5.12. The summed E-state index contributed by atoms with van der Waals surface area (Å²) in [5, 5.41) is 3.30. The normalized spacial score (nSPS) is 20.9. The monoisotopic (exact) mass is 349 g/mol. The minimum Gasteiger partial charge on any atom is -0.341 e. The molecule has 2 amide bonds. The van der Waals surface area contributed by atoms with Crippen molar-refractivity contribution >= 4 is 23.2 Å². The van der Waals surface area contributed by atoms with Gasteiger partial charge in [0.25, 0.3) is 0 Å². The van der Waals surface area contributed by atoms with Crippen molar-refractivity contribution in [1.29, 1.82) is 0 Å². The Kier molecular flexibility index (Phi) is 5.23. The second kappa shape index (κ2) is 7.21. The number of carbonyl (C=O) groups is 2. The number of hydrogen-bond acceptors (Lipinski definition) is 4. The van der Waals surface area contributed by atoms with E-state index in [1.165, 1.54) is 5.01 Å². The molecule has 0 aliphatic carbocycles. The summed E-state index contributed by atoms with van der Waals surface area (Å²) in [6, 6.07) is -0.293. The van der Waals surface area contributed by atoms with Crippen LogP contribution in [0.3, 0.4) is 0 Å². The van der Waals surface area contributed by atoms with Crippen LogP contribution in [0.4, 0.5) is 0 Å². The highest BCUT2D eigenvalue weighted by atomic mass is 32.1. The van der Waals surface area contributed by atoms with Crippen LogP contribution in [0, 0.1) is 12.8 Å². The lowest BCUT2D eigenvalue weighted by atomic mass is 9.95. The molecule has 1 aromatic rings. The molecule has 0 bridgehead atoms. The molecule has 1 aromatic heterocycles. The fourth-order valence-electron chi connectivity index (χ4n) is 3.84. The van der Waals surface area contributed by atoms with E-state index in [1.807, 2.05) is 30.6 Å². The summed E-state index contributed by atoms with van der Waals surface area (Å²) in [4.78, 5) is 33.5. The van der Waals surface area contributed by atoms with Gasteiger partial charge in [-0.3, -0.25) is 9.59 Å². The van der Waals surface area contributed by atoms with Crippen molar-refractivity contribution < 1.29 is 9.59 Å². The van der Waals surface area contributed by atoms with E-state index in [-0.39, 0.29) is 23.8 Å². The summed E-state index contributed by atoms with van der Waals surface area (Å²) in [5.41, 5.74) is 1.08. The Morgan fingerprint density at radius 1 is 1.29 bits per heavy atom. The van der Waals surface area contributed by atoms with Gasteiger partial charge in [0.05, 0.1) is 5.01 Å². The first kappa shape index (κ1) is 17.4. The third-order valence-corrected chi connectivity index (χ3v) is 6.25. The standard InChI is InChI=1S/C18H27N3O2S/c1-12(2)16(21-8-4-5-15(21)22)18(23)20-9-6-14(7-10-20)17-19-13(3)11-24-17/h11-12,14,16H,4-10H2,1-3H3/t16-/m0/s1. The van der Waals surface area contributed by atoms with Crippen molar-refractivity contribution in [3.05, 3.63) is 16.1 Å². The molecular formula is C18H27N3O2S. The number of carbonyl (C=O) groups excluding carboxylic acids is 2. The lowest BCUT2D eigenvalue weighted by molar-refractivity contribution is -0.146. The molecule has 2 aliphatic rings. The quantitative estimate of drug-likeness (QED) is 0.840. The highest BCUT2D eigenvalue weighted by Gasteiger charge is 2.38. The maximum atomic E-state index is 13.0. The van der Waals surface area contributed by atoms with Gasteiger partial charge < -0.3 is 9.80 Å². The molecule has 0 unspecified atom stereocenters. The zero-order chi connectivity index (χ0) is 17.3. The van der Waals surface area contributed by atoms with Crippen molar-refractivity contribution in [2.75, 3.05) is 19.6 Å². The van der Waals surface area contributed by atoms with Gasteiger partial charge in [0, 0.05) is 43.0 Å². The Morgan fingerprint density at radius 3 is 2.50 bits per heavy atom. The average Bonchev–Trinajstić information content (AvgIpc) is 3.16. The molecule has 2 aliphatic heterocycles. The lowest BCUT2D eigenvalue weighted by Gasteiger charge is -2.37. The van der Waals surface area contributed by atoms with Gasteiger partial charge in [0.15, 0.2) is 0 Å². The zero-order valence-corrected chi connectivity index (χ0v) is 15.6. The molecule has 1 atom stereocenters. The first-order valence-corrected chi connectivity index (χ1v) is 9.85. The highest BCUT2D eigenvalue weighted by molar-refractivity contribution is 7.09. The second-order valence-electron chi connectivity index (χ2n) is 7.31. The maximum Gasteiger partial charge on any atom is 0.245 e. The third kappa shape index (κ3) is 3.48. The fraction of sp³-hybridized carbons (Fsp3) is 0.722. The number of aryl methyl sites for hydroxylation is 1. The van der Waals surface area contributed by atoms with Gasteiger partial charge in [0.1, 0.15) is 6.04 Å². The number of amides is 2. The number of hydrogen-bond donors (Lipinski definition) is 0. The van der Waals surface area contributed by atoms with Crippen molar-refractivity contribution in [2.45, 2.75) is 58.4 Å². The van der Waals surface area contributed by atoms with Gasteiger partial charge in [-0.1, -0.05) is 13.8 Å². The summed E-state index contributed by atoms with van der Waals surface area (Å²) in [6.45, 7) is 8.38. The first-order chi connectivity index (χ1) is 11.5. The van der Waals surface area contributed by atoms with Crippen LogP contribution in [0.15, 0.2) is 5.38 Å². The predicted molar refractivity (Wildman–Crippen MR) is 95.0 cm³/mol. The van der Waals surface area contributed by atoms with Gasteiger partial charge in [-0.25, -0.2) is 4.98 Å². The number of likely N-dealkylation sites (tertiary alicyclic amines) is 2. The average molecular weight is 350 g/mol. The summed E-state index contributed by atoms with van der Waals surface area (Å²) >= 11 is 1.73. The molecule has 132 valence electrons. The van der Waals surface area contributed by atoms with Crippen LogP contribution in [0.25, 0.3) is 0 Å². The first-order valence-electron chi connectivity index (χ1n) is 8.97. The van der Waals surface area contributed by atoms with E-state index in [0.717, 1.165) is 44.6 Å². The summed E-state index contributed by atoms with van der Waals surface area (Å²) in [6.07, 6.45) is 3.40. The lowest BCUT2D eigenvalue weighted by Crippen LogP contribution is -2.53. The van der Waals surface area contributed by atoms with Crippen LogP contribution >= 0.6 is 11.3 Å². The largest absolute Gasteiger partial charge is 0.341 e. The molecule has 0 N–H and O–H groups in total. The number of aromatic nitrogens is 1. The predicted octanol–water partition coefficient (Wildman–Crippen LogP) is 2.80. The maximum absolute atomic E-state index is 13.0. The van der Waals surface area contributed by atoms with E-state index in [4.69, 9.17) is 0 Å². The molecule has 6 heteroatoms. The van der Waals surface area contributed by atoms with E-state index < -0.39 is 0 Å². The van der Waals surface area contributed by atoms with Crippen LogP contribution in [-0.2, 0) is 9.59 Å². The number of thiazole rings is 1. The van der Waals surface area contributed by atoms with E-state index in [2.05, 4.69) is 10.4 Å². The van der Waals surface area contributed by atoms with Crippen molar-refractivity contribution in [2.24, 2.45) is 5.92 Å². The fourth-order valence-corrected chi connectivity index (χ4v) is 4.80. The summed E-state index contributed by atoms with van der Waals surface area (Å²) < 4.78 is 0. The Morgan fingerprint density at radius 2 is 2.00 bits per heavy atom. The zero-order valence-electron chi connectivity index (χ0n) is 14.8. The molecule has 0 aromatic carbocycles. The van der Waals surface area contributed by atoms with E-state index >= 15 is 0 Å². The van der Waals surface area contributed by atoms with Crippen LogP contribution in [0.1, 0.15) is 56.2 Å². The smallest absolute Gasteiger partial charge is 0.245 e. The van der Waals surface area contributed by atoms with Crippen LogP contribution < -0.4 is 0 Å². The Bertz CT molecular complexity index is 605. The molecule has 0 spiro atoms. The summed E-state index contributed by atoms with van der Waals surface area (Å²) in [5.74, 6) is 0.891. The molecule has 0 saturated carbocycles. The van der Waals surface area contributed by atoms with Gasteiger partial charge >= 0.3 is 0 Å². The van der Waals surface area contributed by atoms with Crippen molar-refractivity contribution in [3.8, 4) is 0 Å². The van der Waals surface area contributed by atoms with Crippen LogP contribution in [-0.4, -0.2) is 52.3 Å². The van der Waals surface area contributed by atoms with Gasteiger partial charge in [0.2, 0.25) is 11.8 Å². The Hall–Kier alpha value is -1.43. The van der Waals surface area contributed by atoms with Crippen molar-refractivity contribution in [3.63, 3.8) is 0 Å². The Balaban J connectivity index is 1.63. The number of piperidine rings is 1. The highest BCUT2D eigenvalue weighted by Crippen LogP contribution is 2.31. The SMILES string of the molecule is Cc1csc(C2CCN(C(=O)[C@H](C(C)C)N3CCCC3=O)CC2)n1. The van der Waals surface area contributed by atoms with E-state index in [0.29, 0.717) is 12.3 Å². The Labute approximate surface area is 148 Å². The van der Waals surface area contributed by atoms with Crippen LogP contribution in [0.2, 0.25) is 0 Å². The van der Waals surface area contributed by atoms with Gasteiger partial charge in [-0.15, -0.1) is 11.3 Å². The van der Waals surface area contributed by atoms with Gasteiger partial charge in [-0.2, -0.15) is 0 Å². The summed E-state index contributed by atoms with van der Waals surface area (Å²) in [7, 11) is 0. The molecule has 24 heavy (non-hydrogen) atoms. The molecule has 5 nitrogen and oxygen atoms in total. The molecule has 3 heterocycles. The van der Waals surface area contributed by atoms with E-state index in [1.54, 1.807) is 11.3 Å². The second-order valence-corrected chi connectivity index (χ2v) is 8.20. The van der Waals surface area contributed by atoms with Crippen molar-refractivity contribution in [1.82, 2.24) is 14.8 Å². The minimum absolute atomic E-state index is 0.133. The molecule has 2 saturated heterocycles. The molecule has 2 fully saturated rings.